The largest absolute Gasteiger partial charge is 0.409 e. The Kier molecular flexibility index (Phi) is 4.49. The summed E-state index contributed by atoms with van der Waals surface area (Å²) in [5, 5.41) is 8.35. The van der Waals surface area contributed by atoms with Crippen molar-refractivity contribution in [2.75, 3.05) is 18.4 Å². The number of carbonyl (C=O) groups excluding carboxylic acids is 1. The van der Waals surface area contributed by atoms with Gasteiger partial charge in [-0.15, -0.1) is 0 Å². The molecule has 1 amide bonds. The number of nitrogens with one attached hydrogen (secondary N) is 2. The molecule has 1 rings (SSSR count). The second kappa shape index (κ2) is 5.87. The van der Waals surface area contributed by atoms with Crippen LogP contribution in [0.2, 0.25) is 0 Å². The lowest BCUT2D eigenvalue weighted by Crippen LogP contribution is -2.27. The summed E-state index contributed by atoms with van der Waals surface area (Å²) in [5.41, 5.74) is 0. The molecule has 0 saturated heterocycles. The lowest BCUT2D eigenvalue weighted by Gasteiger charge is -2.02. The Morgan fingerprint density at radius 3 is 2.82 bits per heavy atom. The van der Waals surface area contributed by atoms with Crippen molar-refractivity contribution >= 4 is 11.9 Å². The van der Waals surface area contributed by atoms with Crippen molar-refractivity contribution < 1.29 is 22.5 Å². The first-order valence-electron chi connectivity index (χ1n) is 4.51. The van der Waals surface area contributed by atoms with Gasteiger partial charge in [0.25, 0.3) is 5.95 Å². The highest BCUT2D eigenvalue weighted by Crippen LogP contribution is 2.15. The maximum absolute atomic E-state index is 11.7. The Morgan fingerprint density at radius 2 is 2.24 bits per heavy atom. The van der Waals surface area contributed by atoms with Crippen LogP contribution in [0, 0.1) is 0 Å². The van der Waals surface area contributed by atoms with Gasteiger partial charge in [0.15, 0.2) is 0 Å². The minimum absolute atomic E-state index is 0.130. The number of allylic oxidation sites excluding steroid dienone is 1. The van der Waals surface area contributed by atoms with Crippen LogP contribution in [0.3, 0.4) is 0 Å². The average Bonchev–Trinajstić information content (AvgIpc) is 2.73. The molecule has 0 atom stereocenters. The lowest BCUT2D eigenvalue weighted by atomic mass is 10.4. The third-order valence-corrected chi connectivity index (χ3v) is 1.49. The van der Waals surface area contributed by atoms with E-state index in [-0.39, 0.29) is 25.1 Å². The molecule has 0 unspecified atom stereocenters. The van der Waals surface area contributed by atoms with Crippen molar-refractivity contribution in [3.63, 3.8) is 0 Å². The van der Waals surface area contributed by atoms with E-state index in [1.807, 2.05) is 0 Å². The van der Waals surface area contributed by atoms with Crippen LogP contribution >= 0.6 is 0 Å². The molecule has 0 saturated carbocycles. The number of hydrogen-bond acceptors (Lipinski definition) is 5. The highest BCUT2D eigenvalue weighted by molar-refractivity contribution is 5.87. The van der Waals surface area contributed by atoms with Gasteiger partial charge < -0.3 is 15.2 Å². The van der Waals surface area contributed by atoms with Crippen LogP contribution < -0.4 is 10.6 Å². The molecule has 1 aromatic rings. The van der Waals surface area contributed by atoms with E-state index in [0.717, 1.165) is 6.39 Å². The Morgan fingerprint density at radius 1 is 1.47 bits per heavy atom. The van der Waals surface area contributed by atoms with Gasteiger partial charge in [0, 0.05) is 25.2 Å². The summed E-state index contributed by atoms with van der Waals surface area (Å²) < 4.78 is 39.5. The fraction of sp³-hybridized carbons (Fsp3) is 0.375. The fourth-order valence-electron chi connectivity index (χ4n) is 0.838. The standard InChI is InChI=1S/C8H9F3N4O2/c9-8(10,11)2-1-6(16)12-3-4-13-7-14-5-17-15-7/h1-2,5H,3-4H2,(H,12,16)(H,13,15)/b2-1+. The fourth-order valence-corrected chi connectivity index (χ4v) is 0.838. The van der Waals surface area contributed by atoms with Crippen LogP contribution in [0.25, 0.3) is 0 Å². The predicted molar refractivity (Wildman–Crippen MR) is 51.0 cm³/mol. The maximum Gasteiger partial charge on any atom is 0.409 e. The molecule has 1 heterocycles. The third-order valence-electron chi connectivity index (χ3n) is 1.49. The summed E-state index contributed by atoms with van der Waals surface area (Å²) in [4.78, 5) is 14.5. The van der Waals surface area contributed by atoms with Crippen LogP contribution in [-0.2, 0) is 4.79 Å². The zero-order chi connectivity index (χ0) is 12.7. The number of carbonyl (C=O) groups is 1. The van der Waals surface area contributed by atoms with Crippen LogP contribution in [0.4, 0.5) is 19.1 Å². The van der Waals surface area contributed by atoms with E-state index in [4.69, 9.17) is 0 Å². The van der Waals surface area contributed by atoms with E-state index < -0.39 is 12.1 Å². The molecule has 0 spiro atoms. The number of amides is 1. The Hall–Kier alpha value is -2.06. The van der Waals surface area contributed by atoms with Gasteiger partial charge in [0.1, 0.15) is 0 Å². The van der Waals surface area contributed by atoms with Crippen molar-refractivity contribution in [1.82, 2.24) is 15.5 Å². The first-order chi connectivity index (χ1) is 7.97. The molecule has 1 aromatic heterocycles. The van der Waals surface area contributed by atoms with E-state index >= 15 is 0 Å². The number of rotatable bonds is 5. The van der Waals surface area contributed by atoms with Crippen LogP contribution in [-0.4, -0.2) is 35.3 Å². The minimum Gasteiger partial charge on any atom is -0.351 e. The second-order valence-electron chi connectivity index (χ2n) is 2.85. The SMILES string of the molecule is O=C(/C=C/C(F)(F)F)NCCNc1ncon1. The molecule has 0 radical (unpaired) electrons. The van der Waals surface area contributed by atoms with Gasteiger partial charge in [-0.2, -0.15) is 18.2 Å². The topological polar surface area (TPSA) is 80.0 Å². The number of anilines is 1. The highest BCUT2D eigenvalue weighted by atomic mass is 19.4. The van der Waals surface area contributed by atoms with Gasteiger partial charge in [-0.25, -0.2) is 0 Å². The summed E-state index contributed by atoms with van der Waals surface area (Å²) in [5.74, 6) is -0.581. The second-order valence-corrected chi connectivity index (χ2v) is 2.85. The average molecular weight is 250 g/mol. The van der Waals surface area contributed by atoms with Crippen LogP contribution in [0.15, 0.2) is 23.1 Å². The maximum atomic E-state index is 11.7. The first-order valence-corrected chi connectivity index (χ1v) is 4.51. The zero-order valence-corrected chi connectivity index (χ0v) is 8.49. The van der Waals surface area contributed by atoms with E-state index in [2.05, 4.69) is 25.3 Å². The number of hydrogen-bond donors (Lipinski definition) is 2. The summed E-state index contributed by atoms with van der Waals surface area (Å²) >= 11 is 0. The monoisotopic (exact) mass is 250 g/mol. The number of aromatic nitrogens is 2. The van der Waals surface area contributed by atoms with Gasteiger partial charge in [-0.3, -0.25) is 4.79 Å². The molecule has 2 N–H and O–H groups in total. The molecule has 0 fully saturated rings. The molecule has 9 heteroatoms. The number of alkyl halides is 3. The van der Waals surface area contributed by atoms with Crippen molar-refractivity contribution in [3.8, 4) is 0 Å². The minimum atomic E-state index is -4.49. The van der Waals surface area contributed by atoms with Gasteiger partial charge >= 0.3 is 6.18 Å². The van der Waals surface area contributed by atoms with Gasteiger partial charge in [0.2, 0.25) is 12.3 Å². The van der Waals surface area contributed by atoms with Crippen LogP contribution in [0.5, 0.6) is 0 Å². The Labute approximate surface area is 93.9 Å². The number of nitrogens with zero attached hydrogens (tertiary/aromatic N) is 2. The lowest BCUT2D eigenvalue weighted by molar-refractivity contribution is -0.117. The molecule has 0 aliphatic carbocycles. The van der Waals surface area contributed by atoms with Crippen LogP contribution in [0.1, 0.15) is 0 Å². The molecule has 0 bridgehead atoms. The van der Waals surface area contributed by atoms with Gasteiger partial charge in [0.05, 0.1) is 0 Å². The molecule has 94 valence electrons. The predicted octanol–water partition coefficient (Wildman–Crippen LogP) is 0.716. The van der Waals surface area contributed by atoms with Crippen molar-refractivity contribution in [1.29, 1.82) is 0 Å². The molecule has 6 nitrogen and oxygen atoms in total. The van der Waals surface area contributed by atoms with Gasteiger partial charge in [-0.05, 0) is 5.16 Å². The van der Waals surface area contributed by atoms with E-state index in [0.29, 0.717) is 6.08 Å². The zero-order valence-electron chi connectivity index (χ0n) is 8.49. The molecule has 0 aliphatic heterocycles. The molecule has 17 heavy (non-hydrogen) atoms. The Balaban J connectivity index is 2.14. The smallest absolute Gasteiger partial charge is 0.351 e. The molecular weight excluding hydrogens is 241 g/mol. The van der Waals surface area contributed by atoms with E-state index in [1.54, 1.807) is 0 Å². The summed E-state index contributed by atoms with van der Waals surface area (Å²) in [6.07, 6.45) is -3.07. The van der Waals surface area contributed by atoms with E-state index in [1.165, 1.54) is 0 Å². The normalized spacial score (nSPS) is 11.7. The van der Waals surface area contributed by atoms with Crippen molar-refractivity contribution in [2.45, 2.75) is 6.18 Å². The molecular formula is C8H9F3N4O2. The summed E-state index contributed by atoms with van der Waals surface area (Å²) in [6.45, 7) is 0.403. The summed E-state index contributed by atoms with van der Waals surface area (Å²) in [6, 6.07) is 0. The van der Waals surface area contributed by atoms with Crippen molar-refractivity contribution in [2.24, 2.45) is 0 Å². The summed E-state index contributed by atoms with van der Waals surface area (Å²) in [7, 11) is 0. The Bertz CT molecular complexity index is 375. The molecule has 0 aliphatic rings. The van der Waals surface area contributed by atoms with E-state index in [9.17, 15) is 18.0 Å². The molecule has 0 aromatic carbocycles. The quantitative estimate of drug-likeness (QED) is 0.594. The highest BCUT2D eigenvalue weighted by Gasteiger charge is 2.22. The van der Waals surface area contributed by atoms with Crippen molar-refractivity contribution in [3.05, 3.63) is 18.5 Å². The first kappa shape index (κ1) is 13.0. The third kappa shape index (κ3) is 6.17. The van der Waals surface area contributed by atoms with Gasteiger partial charge in [-0.1, -0.05) is 0 Å². The number of halogens is 3.